The van der Waals surface area contributed by atoms with Crippen molar-refractivity contribution in [1.29, 1.82) is 0 Å². The van der Waals surface area contributed by atoms with E-state index in [1.165, 1.54) is 11.8 Å². The van der Waals surface area contributed by atoms with Crippen LogP contribution in [-0.2, 0) is 4.79 Å². The Morgan fingerprint density at radius 2 is 2.04 bits per heavy atom. The summed E-state index contributed by atoms with van der Waals surface area (Å²) in [5.41, 5.74) is 0.595. The van der Waals surface area contributed by atoms with Crippen LogP contribution in [0.15, 0.2) is 53.7 Å². The van der Waals surface area contributed by atoms with Crippen LogP contribution in [0.1, 0.15) is 23.2 Å². The van der Waals surface area contributed by atoms with Gasteiger partial charge in [0.15, 0.2) is 5.78 Å². The molecule has 0 radical (unpaired) electrons. The summed E-state index contributed by atoms with van der Waals surface area (Å²) in [4.78, 5) is 31.5. The number of benzene rings is 1. The van der Waals surface area contributed by atoms with Crippen LogP contribution in [0.3, 0.4) is 0 Å². The minimum absolute atomic E-state index is 0.0531. The highest BCUT2D eigenvalue weighted by Gasteiger charge is 2.30. The van der Waals surface area contributed by atoms with E-state index in [0.29, 0.717) is 30.2 Å². The van der Waals surface area contributed by atoms with Gasteiger partial charge in [0, 0.05) is 25.2 Å². The standard InChI is InChI=1S/C20H22N2O3S/c1-25-17-9-3-2-8-16(17)20(24)15-7-6-12-22(13-15)19(23)14-26-18-10-4-5-11-21-18/h2-5,8-11,15H,6-7,12-14H2,1H3/t15-/m1/s1. The highest BCUT2D eigenvalue weighted by atomic mass is 32.2. The highest BCUT2D eigenvalue weighted by molar-refractivity contribution is 7.99. The third-order valence-electron chi connectivity index (χ3n) is 4.50. The number of hydrogen-bond acceptors (Lipinski definition) is 5. The van der Waals surface area contributed by atoms with Crippen molar-refractivity contribution in [3.05, 3.63) is 54.2 Å². The molecule has 3 rings (SSSR count). The minimum atomic E-state index is -0.177. The molecule has 1 aliphatic rings. The normalized spacial score (nSPS) is 17.0. The van der Waals surface area contributed by atoms with Crippen LogP contribution in [0.5, 0.6) is 5.75 Å². The summed E-state index contributed by atoms with van der Waals surface area (Å²) in [7, 11) is 1.57. The summed E-state index contributed by atoms with van der Waals surface area (Å²) in [6.45, 7) is 1.18. The monoisotopic (exact) mass is 370 g/mol. The molecule has 0 N–H and O–H groups in total. The lowest BCUT2D eigenvalue weighted by Gasteiger charge is -2.32. The first kappa shape index (κ1) is 18.5. The van der Waals surface area contributed by atoms with Gasteiger partial charge >= 0.3 is 0 Å². The first-order chi connectivity index (χ1) is 12.7. The number of Topliss-reactive ketones (excluding diaryl/α,β-unsaturated/α-hetero) is 1. The number of hydrogen-bond donors (Lipinski definition) is 0. The number of ketones is 1. The van der Waals surface area contributed by atoms with Crippen molar-refractivity contribution < 1.29 is 14.3 Å². The molecular formula is C20H22N2O3S. The Morgan fingerprint density at radius 3 is 2.81 bits per heavy atom. The number of ether oxygens (including phenoxy) is 1. The van der Waals surface area contributed by atoms with Gasteiger partial charge in [0.05, 0.1) is 23.5 Å². The van der Waals surface area contributed by atoms with Crippen molar-refractivity contribution in [3.63, 3.8) is 0 Å². The molecule has 26 heavy (non-hydrogen) atoms. The van der Waals surface area contributed by atoms with E-state index in [1.54, 1.807) is 30.3 Å². The van der Waals surface area contributed by atoms with Gasteiger partial charge in [0.25, 0.3) is 0 Å². The molecule has 5 nitrogen and oxygen atoms in total. The van der Waals surface area contributed by atoms with Gasteiger partial charge in [-0.05, 0) is 37.1 Å². The molecule has 136 valence electrons. The van der Waals surface area contributed by atoms with Gasteiger partial charge in [-0.15, -0.1) is 0 Å². The summed E-state index contributed by atoms with van der Waals surface area (Å²) < 4.78 is 5.31. The van der Waals surface area contributed by atoms with Crippen LogP contribution >= 0.6 is 11.8 Å². The molecule has 1 aromatic carbocycles. The number of piperidine rings is 1. The zero-order valence-electron chi connectivity index (χ0n) is 14.8. The zero-order valence-corrected chi connectivity index (χ0v) is 15.6. The highest BCUT2D eigenvalue weighted by Crippen LogP contribution is 2.26. The van der Waals surface area contributed by atoms with Crippen LogP contribution in [0, 0.1) is 5.92 Å². The number of pyridine rings is 1. The van der Waals surface area contributed by atoms with Crippen molar-refractivity contribution in [2.45, 2.75) is 17.9 Å². The molecule has 2 heterocycles. The Kier molecular flexibility index (Phi) is 6.28. The van der Waals surface area contributed by atoms with E-state index in [4.69, 9.17) is 4.74 Å². The molecule has 1 atom stereocenters. The number of thioether (sulfide) groups is 1. The molecule has 0 saturated carbocycles. The Bertz CT molecular complexity index is 767. The van der Waals surface area contributed by atoms with E-state index >= 15 is 0 Å². The lowest BCUT2D eigenvalue weighted by molar-refractivity contribution is -0.129. The van der Waals surface area contributed by atoms with Crippen LogP contribution in [0.4, 0.5) is 0 Å². The van der Waals surface area contributed by atoms with E-state index < -0.39 is 0 Å². The zero-order chi connectivity index (χ0) is 18.4. The van der Waals surface area contributed by atoms with E-state index in [-0.39, 0.29) is 17.6 Å². The van der Waals surface area contributed by atoms with Crippen LogP contribution in [0.2, 0.25) is 0 Å². The largest absolute Gasteiger partial charge is 0.496 e. The predicted molar refractivity (Wildman–Crippen MR) is 102 cm³/mol. The first-order valence-electron chi connectivity index (χ1n) is 8.68. The van der Waals surface area contributed by atoms with E-state index in [0.717, 1.165) is 17.9 Å². The van der Waals surface area contributed by atoms with Gasteiger partial charge in [-0.3, -0.25) is 9.59 Å². The molecular weight excluding hydrogens is 348 g/mol. The number of carbonyl (C=O) groups excluding carboxylic acids is 2. The molecule has 1 saturated heterocycles. The van der Waals surface area contributed by atoms with Crippen LogP contribution < -0.4 is 4.74 Å². The average molecular weight is 370 g/mol. The van der Waals surface area contributed by atoms with E-state index in [2.05, 4.69) is 4.98 Å². The molecule has 1 aromatic heterocycles. The molecule has 1 fully saturated rings. The maximum atomic E-state index is 12.9. The summed E-state index contributed by atoms with van der Waals surface area (Å²) >= 11 is 1.43. The van der Waals surface area contributed by atoms with Crippen molar-refractivity contribution in [1.82, 2.24) is 9.88 Å². The summed E-state index contributed by atoms with van der Waals surface area (Å²) in [6.07, 6.45) is 3.36. The minimum Gasteiger partial charge on any atom is -0.496 e. The third kappa shape index (κ3) is 4.43. The maximum absolute atomic E-state index is 12.9. The number of methoxy groups -OCH3 is 1. The van der Waals surface area contributed by atoms with Crippen LogP contribution in [-0.4, -0.2) is 47.5 Å². The fourth-order valence-electron chi connectivity index (χ4n) is 3.15. The molecule has 6 heteroatoms. The smallest absolute Gasteiger partial charge is 0.233 e. The molecule has 1 aliphatic heterocycles. The van der Waals surface area contributed by atoms with Gasteiger partial charge in [0.1, 0.15) is 5.75 Å². The van der Waals surface area contributed by atoms with E-state index in [9.17, 15) is 9.59 Å². The molecule has 0 spiro atoms. The number of amides is 1. The van der Waals surface area contributed by atoms with Gasteiger partial charge in [-0.25, -0.2) is 4.98 Å². The van der Waals surface area contributed by atoms with Gasteiger partial charge in [0.2, 0.25) is 5.91 Å². The van der Waals surface area contributed by atoms with Crippen molar-refractivity contribution in [2.24, 2.45) is 5.92 Å². The second-order valence-electron chi connectivity index (χ2n) is 6.20. The number of nitrogens with zero attached hydrogens (tertiary/aromatic N) is 2. The average Bonchev–Trinajstić information content (AvgIpc) is 2.72. The summed E-state index contributed by atoms with van der Waals surface area (Å²) in [6, 6.07) is 12.9. The molecule has 0 aliphatic carbocycles. The topological polar surface area (TPSA) is 59.5 Å². The predicted octanol–water partition coefficient (Wildman–Crippen LogP) is 3.30. The number of para-hydroxylation sites is 1. The quantitative estimate of drug-likeness (QED) is 0.577. The lowest BCUT2D eigenvalue weighted by atomic mass is 9.89. The number of rotatable bonds is 6. The number of aromatic nitrogens is 1. The van der Waals surface area contributed by atoms with E-state index in [1.807, 2.05) is 30.3 Å². The molecule has 0 bridgehead atoms. The maximum Gasteiger partial charge on any atom is 0.233 e. The Morgan fingerprint density at radius 1 is 1.23 bits per heavy atom. The Labute approximate surface area is 157 Å². The summed E-state index contributed by atoms with van der Waals surface area (Å²) in [5, 5.41) is 0.833. The van der Waals surface area contributed by atoms with Crippen molar-refractivity contribution in [3.8, 4) is 5.75 Å². The fourth-order valence-corrected chi connectivity index (χ4v) is 3.91. The van der Waals surface area contributed by atoms with Gasteiger partial charge in [-0.2, -0.15) is 0 Å². The van der Waals surface area contributed by atoms with Crippen molar-refractivity contribution in [2.75, 3.05) is 26.0 Å². The lowest BCUT2D eigenvalue weighted by Crippen LogP contribution is -2.43. The van der Waals surface area contributed by atoms with Gasteiger partial charge in [-0.1, -0.05) is 30.0 Å². The second-order valence-corrected chi connectivity index (χ2v) is 7.20. The fraction of sp³-hybridized carbons (Fsp3) is 0.350. The summed E-state index contributed by atoms with van der Waals surface area (Å²) in [5.74, 6) is 0.859. The molecule has 1 amide bonds. The number of likely N-dealkylation sites (tertiary alicyclic amines) is 1. The molecule has 2 aromatic rings. The number of carbonyl (C=O) groups is 2. The SMILES string of the molecule is COc1ccccc1C(=O)[C@@H]1CCCN(C(=O)CSc2ccccn2)C1. The first-order valence-corrected chi connectivity index (χ1v) is 9.66. The van der Waals surface area contributed by atoms with Crippen molar-refractivity contribution >= 4 is 23.5 Å². The second kappa shape index (κ2) is 8.85. The Hall–Kier alpha value is -2.34. The Balaban J connectivity index is 1.61. The third-order valence-corrected chi connectivity index (χ3v) is 5.43. The van der Waals surface area contributed by atoms with Gasteiger partial charge < -0.3 is 9.64 Å². The van der Waals surface area contributed by atoms with Crippen LogP contribution in [0.25, 0.3) is 0 Å². The molecule has 0 unspecified atom stereocenters.